The van der Waals surface area contributed by atoms with Gasteiger partial charge >= 0.3 is 33.0 Å². The summed E-state index contributed by atoms with van der Waals surface area (Å²) >= 11 is 9.53. The van der Waals surface area contributed by atoms with Gasteiger partial charge in [0.2, 0.25) is 0 Å². The largest absolute Gasteiger partial charge is 2.00 e. The van der Waals surface area contributed by atoms with Crippen LogP contribution in [-0.4, -0.2) is 21.9 Å². The van der Waals surface area contributed by atoms with E-state index in [2.05, 4.69) is 102 Å². The van der Waals surface area contributed by atoms with Crippen molar-refractivity contribution in [1.29, 1.82) is 0 Å². The number of benzene rings is 2. The summed E-state index contributed by atoms with van der Waals surface area (Å²) in [7, 11) is 0. The molecule has 0 amide bonds. The Hall–Kier alpha value is -1.88. The normalized spacial score (nSPS) is 12.3. The minimum absolute atomic E-state index is 0. The van der Waals surface area contributed by atoms with Gasteiger partial charge in [0.15, 0.2) is 0 Å². The van der Waals surface area contributed by atoms with E-state index in [1.807, 2.05) is 45.9 Å². The Morgan fingerprint density at radius 1 is 0.745 bits per heavy atom. The second kappa shape index (κ2) is 26.0. The van der Waals surface area contributed by atoms with Gasteiger partial charge in [-0.3, -0.25) is 9.98 Å². The second-order valence-electron chi connectivity index (χ2n) is 13.3. The molecule has 2 aromatic carbocycles. The van der Waals surface area contributed by atoms with Crippen LogP contribution in [0.15, 0.2) is 76.0 Å². The number of rotatable bonds is 14. The molecule has 0 aliphatic carbocycles. The number of para-hydroxylation sites is 2. The zero-order valence-electron chi connectivity index (χ0n) is 32.1. The summed E-state index contributed by atoms with van der Waals surface area (Å²) in [5.41, 5.74) is 12.6. The van der Waals surface area contributed by atoms with Crippen molar-refractivity contribution < 1.29 is 50.0 Å². The molecule has 0 N–H and O–H groups in total. The molecule has 51 heavy (non-hydrogen) atoms. The molecule has 0 aliphatic rings. The van der Waals surface area contributed by atoms with Gasteiger partial charge in [0.1, 0.15) is 0 Å². The molecule has 0 saturated carbocycles. The van der Waals surface area contributed by atoms with Gasteiger partial charge in [0, 0.05) is 17.1 Å². The molecule has 6 nitrogen and oxygen atoms in total. The van der Waals surface area contributed by atoms with Crippen molar-refractivity contribution in [2.75, 3.05) is 5.34 Å². The predicted octanol–water partition coefficient (Wildman–Crippen LogP) is 10.1. The number of hydrogen-bond donors (Lipinski definition) is 0. The van der Waals surface area contributed by atoms with E-state index in [1.165, 1.54) is 22.3 Å². The van der Waals surface area contributed by atoms with Gasteiger partial charge in [-0.25, -0.2) is 0 Å². The van der Waals surface area contributed by atoms with E-state index in [0.717, 1.165) is 45.6 Å². The van der Waals surface area contributed by atoms with Crippen molar-refractivity contribution in [1.82, 2.24) is 10.2 Å². The van der Waals surface area contributed by atoms with Crippen molar-refractivity contribution >= 4 is 46.0 Å². The van der Waals surface area contributed by atoms with E-state index in [4.69, 9.17) is 43.8 Å². The summed E-state index contributed by atoms with van der Waals surface area (Å²) in [5.74, 6) is 1.62. The maximum Gasteiger partial charge on any atom is 2.00 e. The number of hydrogen-bond acceptors (Lipinski definition) is 3. The zero-order chi connectivity index (χ0) is 36.0. The Balaban J connectivity index is 0. The van der Waals surface area contributed by atoms with Crippen molar-refractivity contribution in [3.63, 3.8) is 0 Å². The summed E-state index contributed by atoms with van der Waals surface area (Å²) in [6, 6.07) is 15.0. The minimum atomic E-state index is 0. The Morgan fingerprint density at radius 2 is 1.20 bits per heavy atom. The smallest absolute Gasteiger partial charge is 1.00 e. The number of halogens is 3. The molecule has 0 radical (unpaired) electrons. The fourth-order valence-electron chi connectivity index (χ4n) is 5.34. The van der Waals surface area contributed by atoms with E-state index in [9.17, 15) is 0 Å². The summed E-state index contributed by atoms with van der Waals surface area (Å²) in [4.78, 5) is 9.77. The summed E-state index contributed by atoms with van der Waals surface area (Å²) in [6.45, 7) is 26.8. The quantitative estimate of drug-likeness (QED) is 0.0918. The predicted molar refractivity (Wildman–Crippen MR) is 211 cm³/mol. The van der Waals surface area contributed by atoms with Gasteiger partial charge in [-0.1, -0.05) is 135 Å². The molecule has 0 unspecified atom stereocenters. The molecule has 0 saturated heterocycles. The SMILES string of the molecule is CC(/C=C(/C)[N-]c1c(C(C)C)cccc1C(C)C)=NCc1cc(C[N-]/C(C)=C\C(C)=Nc2c(C(C)C)cccc2C(C)C)[n-]n1.ClCCl.[Br-].[Ni+2].[Ni+2]. The van der Waals surface area contributed by atoms with Gasteiger partial charge in [-0.2, -0.15) is 17.1 Å². The number of aromatic nitrogens is 2. The zero-order valence-corrected chi connectivity index (χ0v) is 37.1. The van der Waals surface area contributed by atoms with Crippen molar-refractivity contribution in [3.8, 4) is 0 Å². The molecule has 0 aliphatic heterocycles. The molecule has 0 bridgehead atoms. The first-order chi connectivity index (χ1) is 22.7. The van der Waals surface area contributed by atoms with Crippen LogP contribution in [0.5, 0.6) is 0 Å². The van der Waals surface area contributed by atoms with Crippen LogP contribution in [0.3, 0.4) is 0 Å². The van der Waals surface area contributed by atoms with Gasteiger partial charge in [0.05, 0.1) is 17.6 Å². The Bertz CT molecular complexity index is 1540. The first kappa shape index (κ1) is 51.2. The maximum absolute atomic E-state index is 5.03. The summed E-state index contributed by atoms with van der Waals surface area (Å²) in [6.07, 6.45) is 4.07. The van der Waals surface area contributed by atoms with Crippen molar-refractivity contribution in [3.05, 3.63) is 110 Å². The Labute approximate surface area is 349 Å². The Morgan fingerprint density at radius 3 is 1.67 bits per heavy atom. The van der Waals surface area contributed by atoms with E-state index < -0.39 is 0 Å². The van der Waals surface area contributed by atoms with Crippen LogP contribution in [0.4, 0.5) is 11.4 Å². The molecular weight excluding hydrogens is 833 g/mol. The van der Waals surface area contributed by atoms with E-state index in [-0.39, 0.29) is 55.3 Å². The van der Waals surface area contributed by atoms with E-state index in [1.54, 1.807) is 0 Å². The number of alkyl halides is 2. The molecule has 3 aromatic rings. The molecule has 0 spiro atoms. The molecule has 0 fully saturated rings. The van der Waals surface area contributed by atoms with Crippen LogP contribution in [0.25, 0.3) is 10.6 Å². The second-order valence-corrected chi connectivity index (χ2v) is 14.1. The summed E-state index contributed by atoms with van der Waals surface area (Å²) in [5, 5.41) is 18.6. The van der Waals surface area contributed by atoms with Gasteiger partial charge in [-0.15, -0.1) is 35.4 Å². The van der Waals surface area contributed by atoms with E-state index >= 15 is 0 Å². The number of allylic oxidation sites excluding steroid dienone is 4. The van der Waals surface area contributed by atoms with E-state index in [0.29, 0.717) is 36.8 Å². The maximum atomic E-state index is 5.03. The first-order valence-electron chi connectivity index (χ1n) is 16.9. The standard InChI is InChI=1S/C39H53N6.CH2Cl2.BrH.2Ni/c1-24(2)34-15-13-16-35(25(3)4)38(34)42-30(11)19-28(9)40-22-32-21-33(45-44-32)23-41-29(10)20-31(12)43-39-36(26(5)6)17-14-18-37(39)27(7)8;2-1-3;;;/h13-21,24-27H,22-23H2,1-12H3;1H2;1H;;/q-3;;;2*+2/p-1/b28-19-,31-20-,41-29?,42-30?;;;;. The topological polar surface area (TPSA) is 79.9 Å². The monoisotopic (exact) mass is 884 g/mol. The van der Waals surface area contributed by atoms with Gasteiger partial charge in [0.25, 0.3) is 0 Å². The summed E-state index contributed by atoms with van der Waals surface area (Å²) < 4.78 is 0. The molecule has 1 heterocycles. The first-order valence-corrected chi connectivity index (χ1v) is 17.9. The van der Waals surface area contributed by atoms with Gasteiger partial charge < -0.3 is 37.8 Å². The van der Waals surface area contributed by atoms with Crippen molar-refractivity contribution in [2.24, 2.45) is 9.98 Å². The third kappa shape index (κ3) is 17.2. The molecule has 3 rings (SSSR count). The molecule has 11 heteroatoms. The average molecular weight is 888 g/mol. The number of nitrogens with zero attached hydrogens (tertiary/aromatic N) is 6. The molecule has 286 valence electrons. The Kier molecular flexibility index (Phi) is 26.1. The average Bonchev–Trinajstić information content (AvgIpc) is 3.47. The van der Waals surface area contributed by atoms with Crippen molar-refractivity contribution in [2.45, 2.75) is 120 Å². The molecule has 1 aromatic heterocycles. The fraction of sp³-hybridized carbons (Fsp3) is 0.475. The third-order valence-corrected chi connectivity index (χ3v) is 7.72. The third-order valence-electron chi connectivity index (χ3n) is 7.72. The van der Waals surface area contributed by atoms with Gasteiger partial charge in [-0.05, 0) is 48.6 Å². The van der Waals surface area contributed by atoms with Crippen LogP contribution in [0, 0.1) is 0 Å². The van der Waals surface area contributed by atoms with Crippen LogP contribution in [-0.2, 0) is 46.1 Å². The van der Waals surface area contributed by atoms with Crippen LogP contribution >= 0.6 is 23.2 Å². The molecule has 0 atom stereocenters. The molecular formula is C40H55BrCl2N6Ni2. The van der Waals surface area contributed by atoms with Crippen LogP contribution in [0.1, 0.15) is 140 Å². The number of aliphatic imine (C=N–C) groups is 2. The fourth-order valence-corrected chi connectivity index (χ4v) is 5.34. The minimum Gasteiger partial charge on any atom is -1.00 e. The van der Waals surface area contributed by atoms with Crippen LogP contribution < -0.4 is 22.1 Å². The van der Waals surface area contributed by atoms with Crippen LogP contribution in [0.2, 0.25) is 0 Å².